The Labute approximate surface area is 117 Å². The Morgan fingerprint density at radius 3 is 2.58 bits per heavy atom. The second kappa shape index (κ2) is 7.49. The Balaban J connectivity index is 3.08. The highest BCUT2D eigenvalue weighted by Gasteiger charge is 2.15. The standard InChI is InChI=1S/C16H27FN2/c1-6-8-9-19(5)16-10-12(3)15(17)11-14(16)13(4)18-7-2/h10-11,13,18H,6-9H2,1-5H3. The van der Waals surface area contributed by atoms with Crippen molar-refractivity contribution in [3.05, 3.63) is 29.1 Å². The van der Waals surface area contributed by atoms with Gasteiger partial charge in [-0.2, -0.15) is 0 Å². The van der Waals surface area contributed by atoms with Gasteiger partial charge in [-0.05, 0) is 50.1 Å². The summed E-state index contributed by atoms with van der Waals surface area (Å²) in [5.74, 6) is -0.118. The third-order valence-corrected chi connectivity index (χ3v) is 3.54. The van der Waals surface area contributed by atoms with E-state index >= 15 is 0 Å². The zero-order valence-electron chi connectivity index (χ0n) is 12.9. The molecule has 0 saturated heterocycles. The highest BCUT2D eigenvalue weighted by atomic mass is 19.1. The lowest BCUT2D eigenvalue weighted by Gasteiger charge is -2.26. The third kappa shape index (κ3) is 4.20. The second-order valence-corrected chi connectivity index (χ2v) is 5.21. The van der Waals surface area contributed by atoms with E-state index in [2.05, 4.69) is 38.0 Å². The molecule has 1 atom stereocenters. The summed E-state index contributed by atoms with van der Waals surface area (Å²) in [6.07, 6.45) is 2.32. The van der Waals surface area contributed by atoms with Crippen LogP contribution in [0.25, 0.3) is 0 Å². The number of benzene rings is 1. The number of aryl methyl sites for hydroxylation is 1. The van der Waals surface area contributed by atoms with Crippen molar-refractivity contribution in [2.75, 3.05) is 25.0 Å². The first-order valence-electron chi connectivity index (χ1n) is 7.25. The summed E-state index contributed by atoms with van der Waals surface area (Å²) in [7, 11) is 2.09. The van der Waals surface area contributed by atoms with Crippen LogP contribution in [0.15, 0.2) is 12.1 Å². The van der Waals surface area contributed by atoms with Gasteiger partial charge < -0.3 is 10.2 Å². The normalized spacial score (nSPS) is 12.5. The van der Waals surface area contributed by atoms with Crippen LogP contribution >= 0.6 is 0 Å². The summed E-state index contributed by atoms with van der Waals surface area (Å²) in [6, 6.07) is 3.81. The van der Waals surface area contributed by atoms with Crippen molar-refractivity contribution in [1.82, 2.24) is 5.32 Å². The van der Waals surface area contributed by atoms with Gasteiger partial charge in [-0.1, -0.05) is 20.3 Å². The van der Waals surface area contributed by atoms with Crippen LogP contribution in [-0.4, -0.2) is 20.1 Å². The molecule has 0 bridgehead atoms. The fourth-order valence-corrected chi connectivity index (χ4v) is 2.29. The van der Waals surface area contributed by atoms with Crippen molar-refractivity contribution in [2.45, 2.75) is 46.6 Å². The number of hydrogen-bond acceptors (Lipinski definition) is 2. The summed E-state index contributed by atoms with van der Waals surface area (Å²) in [6.45, 7) is 10.1. The lowest BCUT2D eigenvalue weighted by atomic mass is 10.0. The third-order valence-electron chi connectivity index (χ3n) is 3.54. The van der Waals surface area contributed by atoms with E-state index in [-0.39, 0.29) is 11.9 Å². The first kappa shape index (κ1) is 16.0. The molecule has 3 heteroatoms. The Hall–Kier alpha value is -1.09. The summed E-state index contributed by atoms with van der Waals surface area (Å²) in [5, 5.41) is 3.37. The zero-order chi connectivity index (χ0) is 14.4. The maximum absolute atomic E-state index is 13.8. The van der Waals surface area contributed by atoms with Crippen LogP contribution in [0.2, 0.25) is 0 Å². The molecule has 0 aromatic heterocycles. The minimum atomic E-state index is -0.118. The fraction of sp³-hybridized carbons (Fsp3) is 0.625. The number of unbranched alkanes of at least 4 members (excludes halogenated alkanes) is 1. The maximum Gasteiger partial charge on any atom is 0.126 e. The van der Waals surface area contributed by atoms with E-state index in [1.807, 2.05) is 13.0 Å². The number of halogens is 1. The van der Waals surface area contributed by atoms with E-state index < -0.39 is 0 Å². The van der Waals surface area contributed by atoms with Gasteiger partial charge in [0, 0.05) is 25.3 Å². The summed E-state index contributed by atoms with van der Waals surface area (Å²) < 4.78 is 13.8. The number of hydrogen-bond donors (Lipinski definition) is 1. The molecule has 2 nitrogen and oxygen atoms in total. The van der Waals surface area contributed by atoms with Crippen molar-refractivity contribution < 1.29 is 4.39 Å². The van der Waals surface area contributed by atoms with E-state index in [9.17, 15) is 4.39 Å². The van der Waals surface area contributed by atoms with Crippen LogP contribution in [0.3, 0.4) is 0 Å². The van der Waals surface area contributed by atoms with E-state index in [1.54, 1.807) is 6.07 Å². The zero-order valence-corrected chi connectivity index (χ0v) is 12.9. The van der Waals surface area contributed by atoms with Crippen LogP contribution in [0.4, 0.5) is 10.1 Å². The molecule has 0 radical (unpaired) electrons. The largest absolute Gasteiger partial charge is 0.374 e. The van der Waals surface area contributed by atoms with E-state index in [0.29, 0.717) is 5.56 Å². The van der Waals surface area contributed by atoms with E-state index in [1.165, 1.54) is 6.42 Å². The van der Waals surface area contributed by atoms with E-state index in [4.69, 9.17) is 0 Å². The van der Waals surface area contributed by atoms with Crippen LogP contribution in [0.5, 0.6) is 0 Å². The Kier molecular flexibility index (Phi) is 6.29. The van der Waals surface area contributed by atoms with Crippen molar-refractivity contribution in [1.29, 1.82) is 0 Å². The highest BCUT2D eigenvalue weighted by molar-refractivity contribution is 5.56. The molecule has 19 heavy (non-hydrogen) atoms. The van der Waals surface area contributed by atoms with Gasteiger partial charge in [0.25, 0.3) is 0 Å². The van der Waals surface area contributed by atoms with Crippen molar-refractivity contribution in [3.63, 3.8) is 0 Å². The molecule has 0 fully saturated rings. The second-order valence-electron chi connectivity index (χ2n) is 5.21. The molecule has 1 N–H and O–H groups in total. The van der Waals surface area contributed by atoms with Crippen molar-refractivity contribution >= 4 is 5.69 Å². The van der Waals surface area contributed by atoms with Crippen LogP contribution in [0.1, 0.15) is 50.8 Å². The lowest BCUT2D eigenvalue weighted by molar-refractivity contribution is 0.578. The number of nitrogens with zero attached hydrogens (tertiary/aromatic N) is 1. The predicted octanol–water partition coefficient (Wildman–Crippen LogP) is 4.04. The summed E-state index contributed by atoms with van der Waals surface area (Å²) in [5.41, 5.74) is 2.90. The molecule has 1 aromatic rings. The minimum Gasteiger partial charge on any atom is -0.374 e. The topological polar surface area (TPSA) is 15.3 Å². The highest BCUT2D eigenvalue weighted by Crippen LogP contribution is 2.29. The maximum atomic E-state index is 13.8. The monoisotopic (exact) mass is 266 g/mol. The fourth-order valence-electron chi connectivity index (χ4n) is 2.29. The molecule has 0 aliphatic carbocycles. The minimum absolute atomic E-state index is 0.118. The van der Waals surface area contributed by atoms with Gasteiger partial charge in [-0.3, -0.25) is 0 Å². The molecule has 0 spiro atoms. The number of rotatable bonds is 7. The Morgan fingerprint density at radius 1 is 1.32 bits per heavy atom. The smallest absolute Gasteiger partial charge is 0.126 e. The quantitative estimate of drug-likeness (QED) is 0.801. The van der Waals surface area contributed by atoms with Gasteiger partial charge in [0.1, 0.15) is 5.82 Å². The number of nitrogens with one attached hydrogen (secondary N) is 1. The molecule has 108 valence electrons. The molecular formula is C16H27FN2. The molecule has 1 unspecified atom stereocenters. The predicted molar refractivity (Wildman–Crippen MR) is 81.4 cm³/mol. The molecule has 0 heterocycles. The molecule has 1 rings (SSSR count). The van der Waals surface area contributed by atoms with Crippen LogP contribution < -0.4 is 10.2 Å². The average molecular weight is 266 g/mol. The molecule has 0 aliphatic heterocycles. The van der Waals surface area contributed by atoms with Gasteiger partial charge >= 0.3 is 0 Å². The molecule has 0 amide bonds. The Morgan fingerprint density at radius 2 is 2.00 bits per heavy atom. The van der Waals surface area contributed by atoms with Gasteiger partial charge in [0.15, 0.2) is 0 Å². The molecule has 0 saturated carbocycles. The Bertz CT molecular complexity index is 404. The SMILES string of the molecule is CCCCN(C)c1cc(C)c(F)cc1C(C)NCC. The first-order chi connectivity index (χ1) is 9.01. The van der Waals surface area contributed by atoms with Gasteiger partial charge in [-0.15, -0.1) is 0 Å². The van der Waals surface area contributed by atoms with Crippen molar-refractivity contribution in [3.8, 4) is 0 Å². The number of anilines is 1. The van der Waals surface area contributed by atoms with Gasteiger partial charge in [0.05, 0.1) is 0 Å². The lowest BCUT2D eigenvalue weighted by Crippen LogP contribution is -2.24. The summed E-state index contributed by atoms with van der Waals surface area (Å²) in [4.78, 5) is 2.24. The molecule has 1 aromatic carbocycles. The van der Waals surface area contributed by atoms with Gasteiger partial charge in [-0.25, -0.2) is 4.39 Å². The van der Waals surface area contributed by atoms with Crippen LogP contribution in [-0.2, 0) is 0 Å². The van der Waals surface area contributed by atoms with E-state index in [0.717, 1.165) is 30.8 Å². The molecule has 0 aliphatic rings. The summed E-state index contributed by atoms with van der Waals surface area (Å²) >= 11 is 0. The van der Waals surface area contributed by atoms with Crippen LogP contribution in [0, 0.1) is 12.7 Å². The first-order valence-corrected chi connectivity index (χ1v) is 7.25. The van der Waals surface area contributed by atoms with Crippen molar-refractivity contribution in [2.24, 2.45) is 0 Å². The van der Waals surface area contributed by atoms with Gasteiger partial charge in [0.2, 0.25) is 0 Å². The average Bonchev–Trinajstić information content (AvgIpc) is 2.38. The molecular weight excluding hydrogens is 239 g/mol.